The van der Waals surface area contributed by atoms with Crippen molar-refractivity contribution >= 4 is 5.69 Å². The number of aryl methyl sites for hydroxylation is 1. The van der Waals surface area contributed by atoms with Crippen LogP contribution in [0.25, 0.3) is 22.4 Å². The Morgan fingerprint density at radius 3 is 1.86 bits per heavy atom. The number of benzene rings is 4. The van der Waals surface area contributed by atoms with E-state index < -0.39 is 0 Å². The Kier molecular flexibility index (Phi) is 13.1. The first-order chi connectivity index (χ1) is 29.0. The van der Waals surface area contributed by atoms with Gasteiger partial charge in [-0.05, 0) is 146 Å². The van der Waals surface area contributed by atoms with E-state index in [1.54, 1.807) is 28.4 Å². The minimum absolute atomic E-state index is 0.437. The molecule has 0 radical (unpaired) electrons. The van der Waals surface area contributed by atoms with Crippen LogP contribution >= 0.6 is 0 Å². The van der Waals surface area contributed by atoms with E-state index in [-0.39, 0.29) is 0 Å². The lowest BCUT2D eigenvalue weighted by Crippen LogP contribution is -2.44. The van der Waals surface area contributed by atoms with E-state index in [9.17, 15) is 0 Å². The van der Waals surface area contributed by atoms with Gasteiger partial charge in [-0.15, -0.1) is 0 Å². The molecule has 0 spiro atoms. The van der Waals surface area contributed by atoms with Crippen molar-refractivity contribution in [1.82, 2.24) is 9.88 Å². The van der Waals surface area contributed by atoms with Crippen LogP contribution in [0.1, 0.15) is 111 Å². The van der Waals surface area contributed by atoms with Gasteiger partial charge >= 0.3 is 0 Å². The zero-order valence-electron chi connectivity index (χ0n) is 36.0. The van der Waals surface area contributed by atoms with Crippen molar-refractivity contribution in [1.29, 1.82) is 0 Å². The third-order valence-electron chi connectivity index (χ3n) is 13.3. The second-order valence-electron chi connectivity index (χ2n) is 17.0. The summed E-state index contributed by atoms with van der Waals surface area (Å²) < 4.78 is 23.4. The highest BCUT2D eigenvalue weighted by atomic mass is 16.5. The highest BCUT2D eigenvalue weighted by Crippen LogP contribution is 2.48. The summed E-state index contributed by atoms with van der Waals surface area (Å²) in [7, 11) is 6.98. The van der Waals surface area contributed by atoms with E-state index >= 15 is 0 Å². The van der Waals surface area contributed by atoms with Crippen molar-refractivity contribution in [3.05, 3.63) is 119 Å². The number of methoxy groups -OCH3 is 4. The van der Waals surface area contributed by atoms with Gasteiger partial charge in [-0.1, -0.05) is 56.5 Å². The molecule has 2 saturated carbocycles. The Balaban J connectivity index is 1.00. The van der Waals surface area contributed by atoms with Crippen molar-refractivity contribution < 1.29 is 18.9 Å². The smallest absolute Gasteiger partial charge is 0.164 e. The summed E-state index contributed by atoms with van der Waals surface area (Å²) in [6.45, 7) is 6.13. The second kappa shape index (κ2) is 18.9. The number of ether oxygens (including phenoxy) is 4. The molecule has 0 N–H and O–H groups in total. The molecule has 0 amide bonds. The van der Waals surface area contributed by atoms with Gasteiger partial charge in [0.15, 0.2) is 23.0 Å². The van der Waals surface area contributed by atoms with Gasteiger partial charge in [-0.25, -0.2) is 0 Å². The Morgan fingerprint density at radius 1 is 0.627 bits per heavy atom. The fourth-order valence-corrected chi connectivity index (χ4v) is 9.44. The van der Waals surface area contributed by atoms with Crippen molar-refractivity contribution in [3.8, 4) is 45.4 Å². The largest absolute Gasteiger partial charge is 0.493 e. The molecule has 3 aliphatic rings. The molecule has 4 aromatic carbocycles. The molecule has 0 unspecified atom stereocenters. The molecule has 1 saturated heterocycles. The maximum atomic E-state index is 5.89. The van der Waals surface area contributed by atoms with Gasteiger partial charge in [0.25, 0.3) is 0 Å². The number of hydrogen-bond acceptors (Lipinski definition) is 7. The molecule has 7 heteroatoms. The molecule has 2 aliphatic carbocycles. The number of piperidine rings is 1. The van der Waals surface area contributed by atoms with Gasteiger partial charge in [0.2, 0.25) is 0 Å². The Bertz CT molecular complexity index is 2170. The van der Waals surface area contributed by atoms with E-state index in [0.29, 0.717) is 17.9 Å². The van der Waals surface area contributed by atoms with Crippen molar-refractivity contribution in [2.45, 2.75) is 109 Å². The maximum absolute atomic E-state index is 5.89. The van der Waals surface area contributed by atoms with Crippen LogP contribution in [0.5, 0.6) is 23.0 Å². The average Bonchev–Trinajstić information content (AvgIpc) is 3.23. The molecule has 7 nitrogen and oxygen atoms in total. The zero-order valence-corrected chi connectivity index (χ0v) is 36.0. The predicted molar refractivity (Wildman–Crippen MR) is 240 cm³/mol. The van der Waals surface area contributed by atoms with Crippen LogP contribution in [0, 0.1) is 0 Å². The van der Waals surface area contributed by atoms with E-state index in [0.717, 1.165) is 79.7 Å². The number of unbranched alkanes of at least 4 members (excludes halogenated alkanes) is 1. The summed E-state index contributed by atoms with van der Waals surface area (Å²) in [6.07, 6.45) is 15.1. The summed E-state index contributed by atoms with van der Waals surface area (Å²) in [5.41, 5.74) is 12.4. The lowest BCUT2D eigenvalue weighted by molar-refractivity contribution is 0.201. The number of pyridine rings is 1. The van der Waals surface area contributed by atoms with Crippen molar-refractivity contribution in [2.24, 2.45) is 0 Å². The first kappa shape index (κ1) is 40.8. The molecule has 1 aromatic heterocycles. The van der Waals surface area contributed by atoms with E-state index in [1.807, 2.05) is 6.20 Å². The second-order valence-corrected chi connectivity index (χ2v) is 17.0. The van der Waals surface area contributed by atoms with Crippen molar-refractivity contribution in [3.63, 3.8) is 0 Å². The van der Waals surface area contributed by atoms with Gasteiger partial charge in [0.1, 0.15) is 0 Å². The molecular formula is C52H63N3O4. The van der Waals surface area contributed by atoms with Crippen LogP contribution in [0.15, 0.2) is 91.1 Å². The first-order valence-corrected chi connectivity index (χ1v) is 22.1. The van der Waals surface area contributed by atoms with Gasteiger partial charge in [-0.3, -0.25) is 9.88 Å². The minimum Gasteiger partial charge on any atom is -0.493 e. The number of rotatable bonds is 17. The van der Waals surface area contributed by atoms with Crippen LogP contribution in [0.4, 0.5) is 5.69 Å². The molecule has 0 atom stereocenters. The van der Waals surface area contributed by atoms with Crippen LogP contribution in [0.3, 0.4) is 0 Å². The third-order valence-corrected chi connectivity index (χ3v) is 13.3. The molecule has 5 aromatic rings. The average molecular weight is 794 g/mol. The summed E-state index contributed by atoms with van der Waals surface area (Å²) in [6, 6.07) is 32.3. The summed E-state index contributed by atoms with van der Waals surface area (Å²) in [5, 5.41) is 0. The minimum atomic E-state index is 0.437. The quantitative estimate of drug-likeness (QED) is 0.0929. The van der Waals surface area contributed by atoms with Crippen LogP contribution in [-0.2, 0) is 19.5 Å². The third kappa shape index (κ3) is 9.11. The standard InChI is InChI=1S/C52H63N3O4/c1-6-7-11-36-18-20-44(21-19-36)55(35-37-12-8-17-41(28-37)42-30-46(39-13-9-14-39)51(58-4)49(32-42)56-2)45-23-26-54(27-24-45)34-38-22-25-53-48(29-38)43-31-47(40-15-10-16-40)52(59-5)50(33-43)57-3/h8,12,17-22,25,28-33,39-40,45H,6-7,9-11,13-16,23-24,26-27,34-35H2,1-5H3. The highest BCUT2D eigenvalue weighted by Gasteiger charge is 2.29. The molecule has 2 heterocycles. The zero-order chi connectivity index (χ0) is 40.7. The molecule has 8 rings (SSSR count). The molecule has 0 bridgehead atoms. The van der Waals surface area contributed by atoms with Crippen molar-refractivity contribution in [2.75, 3.05) is 46.4 Å². The Labute approximate surface area is 352 Å². The highest BCUT2D eigenvalue weighted by molar-refractivity contribution is 5.71. The first-order valence-electron chi connectivity index (χ1n) is 22.1. The normalized spacial score (nSPS) is 16.3. The maximum Gasteiger partial charge on any atom is 0.164 e. The molecule has 1 aliphatic heterocycles. The molecule has 59 heavy (non-hydrogen) atoms. The monoisotopic (exact) mass is 793 g/mol. The predicted octanol–water partition coefficient (Wildman–Crippen LogP) is 12.0. The van der Waals surface area contributed by atoms with Crippen LogP contribution in [0.2, 0.25) is 0 Å². The van der Waals surface area contributed by atoms with Gasteiger partial charge in [0.05, 0.1) is 34.1 Å². The van der Waals surface area contributed by atoms with Gasteiger partial charge < -0.3 is 23.8 Å². The number of aromatic nitrogens is 1. The van der Waals surface area contributed by atoms with Crippen LogP contribution in [-0.4, -0.2) is 57.5 Å². The lowest BCUT2D eigenvalue weighted by atomic mass is 9.78. The summed E-state index contributed by atoms with van der Waals surface area (Å²) in [4.78, 5) is 10.1. The number of nitrogens with zero attached hydrogens (tertiary/aromatic N) is 3. The number of hydrogen-bond donors (Lipinski definition) is 0. The van der Waals surface area contributed by atoms with E-state index in [1.165, 1.54) is 96.0 Å². The van der Waals surface area contributed by atoms with Gasteiger partial charge in [0, 0.05) is 60.8 Å². The fourth-order valence-electron chi connectivity index (χ4n) is 9.44. The molecule has 3 fully saturated rings. The van der Waals surface area contributed by atoms with E-state index in [2.05, 4.69) is 102 Å². The van der Waals surface area contributed by atoms with E-state index in [4.69, 9.17) is 23.9 Å². The Hall–Kier alpha value is -5.01. The molecule has 310 valence electrons. The summed E-state index contributed by atoms with van der Waals surface area (Å²) >= 11 is 0. The molecular weight excluding hydrogens is 731 g/mol. The Morgan fingerprint density at radius 2 is 1.27 bits per heavy atom. The topological polar surface area (TPSA) is 56.3 Å². The number of likely N-dealkylation sites (tertiary alicyclic amines) is 1. The fraction of sp³-hybridized carbons (Fsp3) is 0.442. The summed E-state index contributed by atoms with van der Waals surface area (Å²) in [5.74, 6) is 4.41. The SMILES string of the molecule is CCCCc1ccc(N(Cc2cccc(-c3cc(OC)c(OC)c(C4CCC4)c3)c2)C2CCN(Cc3ccnc(-c4cc(OC)c(OC)c(C5CCC5)c4)c3)CC2)cc1. The lowest BCUT2D eigenvalue weighted by Gasteiger charge is -2.40. The number of anilines is 1. The van der Waals surface area contributed by atoms with Gasteiger partial charge in [-0.2, -0.15) is 0 Å². The van der Waals surface area contributed by atoms with Crippen LogP contribution < -0.4 is 23.8 Å².